The Labute approximate surface area is 110 Å². The fourth-order valence-electron chi connectivity index (χ4n) is 1.59. The van der Waals surface area contributed by atoms with Gasteiger partial charge in [0.15, 0.2) is 0 Å². The van der Waals surface area contributed by atoms with Gasteiger partial charge in [-0.15, -0.1) is 0 Å². The van der Waals surface area contributed by atoms with Crippen LogP contribution in [0.4, 0.5) is 0 Å². The molecular weight excluding hydrogens is 246 g/mol. The molecule has 1 aromatic heterocycles. The first-order valence-corrected chi connectivity index (χ1v) is 6.67. The van der Waals surface area contributed by atoms with Crippen LogP contribution in [0, 0.1) is 0 Å². The van der Waals surface area contributed by atoms with E-state index in [1.165, 1.54) is 5.56 Å². The lowest BCUT2D eigenvalue weighted by molar-refractivity contribution is 0.318. The molecule has 0 fully saturated rings. The minimum Gasteiger partial charge on any atom is -0.493 e. The molecule has 0 aliphatic heterocycles. The van der Waals surface area contributed by atoms with E-state index < -0.39 is 0 Å². The minimum atomic E-state index is 0.582. The average molecular weight is 261 g/mol. The number of hydrogen-bond donors (Lipinski definition) is 1. The number of ether oxygens (including phenoxy) is 1. The van der Waals surface area contributed by atoms with Gasteiger partial charge in [0, 0.05) is 12.0 Å². The molecule has 0 saturated heterocycles. The number of benzene rings is 1. The minimum absolute atomic E-state index is 0.582. The molecule has 0 bridgehead atoms. The summed E-state index contributed by atoms with van der Waals surface area (Å²) in [5.41, 5.74) is 2.74. The molecule has 0 aliphatic carbocycles. The normalized spacial score (nSPS) is 11.5. The summed E-state index contributed by atoms with van der Waals surface area (Å²) in [7, 11) is 0. The second-order valence-electron chi connectivity index (χ2n) is 3.94. The van der Waals surface area contributed by atoms with E-state index in [1.807, 2.05) is 24.3 Å². The average Bonchev–Trinajstić information content (AvgIpc) is 2.91. The molecule has 0 aliphatic rings. The molecular formula is C14H15NO2S. The highest BCUT2D eigenvalue weighted by molar-refractivity contribution is 7.07. The summed E-state index contributed by atoms with van der Waals surface area (Å²) in [5.74, 6) is 0.797. The lowest BCUT2D eigenvalue weighted by Crippen LogP contribution is -2.02. The van der Waals surface area contributed by atoms with E-state index in [0.29, 0.717) is 12.3 Å². The summed E-state index contributed by atoms with van der Waals surface area (Å²) in [6.07, 6.45) is 0.904. The highest BCUT2D eigenvalue weighted by Gasteiger charge is 2.01. The van der Waals surface area contributed by atoms with Crippen LogP contribution in [-0.4, -0.2) is 17.5 Å². The van der Waals surface area contributed by atoms with E-state index in [4.69, 9.17) is 9.94 Å². The van der Waals surface area contributed by atoms with E-state index in [-0.39, 0.29) is 0 Å². The van der Waals surface area contributed by atoms with Crippen LogP contribution in [0.15, 0.2) is 46.2 Å². The smallest absolute Gasteiger partial charge is 0.119 e. The molecule has 0 atom stereocenters. The Balaban J connectivity index is 1.93. The Kier molecular flexibility index (Phi) is 4.36. The summed E-state index contributed by atoms with van der Waals surface area (Å²) in [6, 6.07) is 9.67. The van der Waals surface area contributed by atoms with Gasteiger partial charge in [-0.2, -0.15) is 11.3 Å². The summed E-state index contributed by atoms with van der Waals surface area (Å²) in [5, 5.41) is 16.1. The van der Waals surface area contributed by atoms with E-state index in [2.05, 4.69) is 22.0 Å². The summed E-state index contributed by atoms with van der Waals surface area (Å²) in [4.78, 5) is 0. The van der Waals surface area contributed by atoms with Crippen LogP contribution >= 0.6 is 11.3 Å². The van der Waals surface area contributed by atoms with Crippen molar-refractivity contribution in [2.75, 3.05) is 6.61 Å². The topological polar surface area (TPSA) is 41.8 Å². The molecule has 4 heteroatoms. The van der Waals surface area contributed by atoms with E-state index >= 15 is 0 Å². The second-order valence-corrected chi connectivity index (χ2v) is 4.72. The van der Waals surface area contributed by atoms with Gasteiger partial charge in [0.25, 0.3) is 0 Å². The molecule has 18 heavy (non-hydrogen) atoms. The molecule has 0 unspecified atom stereocenters. The van der Waals surface area contributed by atoms with Crippen molar-refractivity contribution in [2.24, 2.45) is 5.16 Å². The highest BCUT2D eigenvalue weighted by atomic mass is 32.1. The molecule has 0 saturated carbocycles. The van der Waals surface area contributed by atoms with Gasteiger partial charge in [-0.05, 0) is 41.4 Å². The zero-order valence-electron chi connectivity index (χ0n) is 10.2. The quantitative estimate of drug-likeness (QED) is 0.508. The Morgan fingerprint density at radius 3 is 3.00 bits per heavy atom. The van der Waals surface area contributed by atoms with Crippen LogP contribution < -0.4 is 4.74 Å². The zero-order valence-corrected chi connectivity index (χ0v) is 11.0. The van der Waals surface area contributed by atoms with E-state index in [1.54, 1.807) is 18.3 Å². The summed E-state index contributed by atoms with van der Waals surface area (Å²) in [6.45, 7) is 2.40. The molecule has 2 rings (SSSR count). The van der Waals surface area contributed by atoms with Gasteiger partial charge in [-0.3, -0.25) is 0 Å². The third kappa shape index (κ3) is 3.34. The first-order valence-electron chi connectivity index (χ1n) is 5.72. The Hall–Kier alpha value is -1.81. The number of rotatable bonds is 5. The third-order valence-electron chi connectivity index (χ3n) is 2.64. The predicted molar refractivity (Wildman–Crippen MR) is 74.0 cm³/mol. The van der Waals surface area contributed by atoms with Crippen molar-refractivity contribution in [3.8, 4) is 5.75 Å². The maximum atomic E-state index is 8.73. The number of oxime groups is 1. The van der Waals surface area contributed by atoms with Crippen molar-refractivity contribution < 1.29 is 9.94 Å². The lowest BCUT2D eigenvalue weighted by atomic mass is 10.1. The zero-order chi connectivity index (χ0) is 12.8. The van der Waals surface area contributed by atoms with E-state index in [9.17, 15) is 0 Å². The van der Waals surface area contributed by atoms with E-state index in [0.717, 1.165) is 17.7 Å². The SMILES string of the molecule is CC(=NO)c1cccc(OCCc2ccsc2)c1. The van der Waals surface area contributed by atoms with Gasteiger partial charge < -0.3 is 9.94 Å². The largest absolute Gasteiger partial charge is 0.493 e. The van der Waals surface area contributed by atoms with Crippen LogP contribution in [0.2, 0.25) is 0 Å². The van der Waals surface area contributed by atoms with Crippen LogP contribution in [0.5, 0.6) is 5.75 Å². The van der Waals surface area contributed by atoms with Crippen molar-refractivity contribution in [2.45, 2.75) is 13.3 Å². The summed E-state index contributed by atoms with van der Waals surface area (Å²) < 4.78 is 5.68. The Morgan fingerprint density at radius 2 is 2.28 bits per heavy atom. The molecule has 3 nitrogen and oxygen atoms in total. The van der Waals surface area contributed by atoms with Crippen LogP contribution in [0.1, 0.15) is 18.1 Å². The van der Waals surface area contributed by atoms with Gasteiger partial charge in [0.05, 0.1) is 12.3 Å². The summed E-state index contributed by atoms with van der Waals surface area (Å²) >= 11 is 1.70. The predicted octanol–water partition coefficient (Wildman–Crippen LogP) is 3.57. The number of hydrogen-bond acceptors (Lipinski definition) is 4. The Morgan fingerprint density at radius 1 is 1.39 bits per heavy atom. The molecule has 0 amide bonds. The van der Waals surface area contributed by atoms with Gasteiger partial charge in [0.2, 0.25) is 0 Å². The van der Waals surface area contributed by atoms with Crippen molar-refractivity contribution >= 4 is 17.0 Å². The first-order chi connectivity index (χ1) is 8.79. The molecule has 0 spiro atoms. The third-order valence-corrected chi connectivity index (χ3v) is 3.37. The van der Waals surface area contributed by atoms with Crippen molar-refractivity contribution in [3.63, 3.8) is 0 Å². The molecule has 0 radical (unpaired) electrons. The lowest BCUT2D eigenvalue weighted by Gasteiger charge is -2.07. The molecule has 2 aromatic rings. The van der Waals surface area contributed by atoms with Crippen molar-refractivity contribution in [1.82, 2.24) is 0 Å². The maximum absolute atomic E-state index is 8.73. The molecule has 1 aromatic carbocycles. The van der Waals surface area contributed by atoms with Crippen molar-refractivity contribution in [3.05, 3.63) is 52.2 Å². The highest BCUT2D eigenvalue weighted by Crippen LogP contribution is 2.15. The molecule has 94 valence electrons. The van der Waals surface area contributed by atoms with Gasteiger partial charge in [-0.1, -0.05) is 17.3 Å². The number of thiophene rings is 1. The fraction of sp³-hybridized carbons (Fsp3) is 0.214. The van der Waals surface area contributed by atoms with Crippen LogP contribution in [-0.2, 0) is 6.42 Å². The number of nitrogens with zero attached hydrogens (tertiary/aromatic N) is 1. The van der Waals surface area contributed by atoms with Crippen molar-refractivity contribution in [1.29, 1.82) is 0 Å². The molecule has 1 heterocycles. The maximum Gasteiger partial charge on any atom is 0.119 e. The standard InChI is InChI=1S/C14H15NO2S/c1-11(15-16)13-3-2-4-14(9-13)17-7-5-12-6-8-18-10-12/h2-4,6,8-10,16H,5,7H2,1H3. The first kappa shape index (κ1) is 12.6. The monoisotopic (exact) mass is 261 g/mol. The second kappa shape index (κ2) is 6.21. The van der Waals surface area contributed by atoms with Gasteiger partial charge in [0.1, 0.15) is 5.75 Å². The van der Waals surface area contributed by atoms with Gasteiger partial charge >= 0.3 is 0 Å². The van der Waals surface area contributed by atoms with Crippen LogP contribution in [0.3, 0.4) is 0 Å². The van der Waals surface area contributed by atoms with Gasteiger partial charge in [-0.25, -0.2) is 0 Å². The Bertz CT molecular complexity index is 520. The van der Waals surface area contributed by atoms with Crippen LogP contribution in [0.25, 0.3) is 0 Å². The fourth-order valence-corrected chi connectivity index (χ4v) is 2.29. The molecule has 1 N–H and O–H groups in total.